The highest BCUT2D eigenvalue weighted by Gasteiger charge is 2.22. The molecule has 8 heteroatoms. The number of nitrogens with one attached hydrogen (secondary N) is 2. The van der Waals surface area contributed by atoms with Crippen molar-refractivity contribution in [3.8, 4) is 0 Å². The Hall–Kier alpha value is -3.42. The zero-order valence-corrected chi connectivity index (χ0v) is 15.9. The molecule has 1 atom stereocenters. The van der Waals surface area contributed by atoms with E-state index in [2.05, 4.69) is 10.6 Å². The number of ether oxygens (including phenoxy) is 1. The molecule has 0 fully saturated rings. The summed E-state index contributed by atoms with van der Waals surface area (Å²) >= 11 is 0. The Labute approximate surface area is 168 Å². The minimum absolute atomic E-state index is 0.0291. The summed E-state index contributed by atoms with van der Waals surface area (Å²) in [6.07, 6.45) is -0.544. The van der Waals surface area contributed by atoms with Crippen molar-refractivity contribution in [1.82, 2.24) is 10.6 Å². The van der Waals surface area contributed by atoms with Gasteiger partial charge in [-0.3, -0.25) is 9.59 Å². The summed E-state index contributed by atoms with van der Waals surface area (Å²) in [6.45, 7) is 0.220. The Morgan fingerprint density at radius 2 is 1.72 bits per heavy atom. The summed E-state index contributed by atoms with van der Waals surface area (Å²) in [5.41, 5.74) is 6.41. The van der Waals surface area contributed by atoms with Crippen LogP contribution in [0.2, 0.25) is 0 Å². The van der Waals surface area contributed by atoms with Crippen molar-refractivity contribution >= 4 is 17.9 Å². The van der Waals surface area contributed by atoms with Crippen molar-refractivity contribution in [1.29, 1.82) is 0 Å². The summed E-state index contributed by atoms with van der Waals surface area (Å²) in [7, 11) is 0. The number of hydrogen-bond acceptors (Lipinski definition) is 4. The summed E-state index contributed by atoms with van der Waals surface area (Å²) < 4.78 is 18.8. The average Bonchev–Trinajstić information content (AvgIpc) is 2.71. The number of rotatable bonds is 10. The van der Waals surface area contributed by atoms with E-state index in [1.165, 1.54) is 6.07 Å². The molecule has 2 aromatic rings. The first-order valence-corrected chi connectivity index (χ1v) is 9.22. The second kappa shape index (κ2) is 11.4. The normalized spacial score (nSPS) is 11.3. The molecule has 0 unspecified atom stereocenters. The quantitative estimate of drug-likeness (QED) is 0.566. The van der Waals surface area contributed by atoms with E-state index in [1.807, 2.05) is 18.2 Å². The topological polar surface area (TPSA) is 111 Å². The van der Waals surface area contributed by atoms with Gasteiger partial charge >= 0.3 is 6.09 Å². The SMILES string of the molecule is NC(=O)CC[C@H](NC(=O)OCc1ccccc1)C(=O)NCCc1ccccc1F. The number of amides is 3. The number of primary amides is 1. The standard InChI is InChI=1S/C21H24FN3O4/c22-17-9-5-4-8-16(17)12-13-24-20(27)18(10-11-19(23)26)25-21(28)29-14-15-6-2-1-3-7-15/h1-9,18H,10-14H2,(H2,23,26)(H,24,27)(H,25,28)/t18-/m0/s1. The number of nitrogens with two attached hydrogens (primary N) is 1. The van der Waals surface area contributed by atoms with Crippen LogP contribution in [0.1, 0.15) is 24.0 Å². The van der Waals surface area contributed by atoms with Gasteiger partial charge < -0.3 is 21.1 Å². The first-order chi connectivity index (χ1) is 14.0. The van der Waals surface area contributed by atoms with Gasteiger partial charge in [0.1, 0.15) is 18.5 Å². The molecule has 0 aliphatic carbocycles. The molecule has 154 valence electrons. The van der Waals surface area contributed by atoms with Crippen LogP contribution in [0.15, 0.2) is 54.6 Å². The van der Waals surface area contributed by atoms with Crippen LogP contribution in [0, 0.1) is 5.82 Å². The summed E-state index contributed by atoms with van der Waals surface area (Å²) in [5, 5.41) is 5.08. The van der Waals surface area contributed by atoms with Gasteiger partial charge in [-0.2, -0.15) is 0 Å². The van der Waals surface area contributed by atoms with Crippen LogP contribution in [0.5, 0.6) is 0 Å². The lowest BCUT2D eigenvalue weighted by atomic mass is 10.1. The molecule has 29 heavy (non-hydrogen) atoms. The third kappa shape index (κ3) is 8.00. The number of hydrogen-bond donors (Lipinski definition) is 3. The number of alkyl carbamates (subject to hydrolysis) is 1. The van der Waals surface area contributed by atoms with E-state index in [4.69, 9.17) is 10.5 Å². The number of halogens is 1. The third-order valence-electron chi connectivity index (χ3n) is 4.15. The van der Waals surface area contributed by atoms with Crippen LogP contribution in [0.25, 0.3) is 0 Å². The molecule has 3 amide bonds. The zero-order valence-electron chi connectivity index (χ0n) is 15.9. The molecular weight excluding hydrogens is 377 g/mol. The summed E-state index contributed by atoms with van der Waals surface area (Å²) in [4.78, 5) is 35.5. The zero-order chi connectivity index (χ0) is 21.1. The molecule has 0 radical (unpaired) electrons. The van der Waals surface area contributed by atoms with Crippen molar-refractivity contribution in [3.63, 3.8) is 0 Å². The molecule has 0 heterocycles. The smallest absolute Gasteiger partial charge is 0.408 e. The molecule has 0 saturated carbocycles. The maximum Gasteiger partial charge on any atom is 0.408 e. The second-order valence-corrected chi connectivity index (χ2v) is 6.40. The lowest BCUT2D eigenvalue weighted by Crippen LogP contribution is -2.47. The molecule has 0 spiro atoms. The van der Waals surface area contributed by atoms with E-state index in [0.717, 1.165) is 5.56 Å². The molecule has 0 aromatic heterocycles. The third-order valence-corrected chi connectivity index (χ3v) is 4.15. The lowest BCUT2D eigenvalue weighted by Gasteiger charge is -2.18. The van der Waals surface area contributed by atoms with Gasteiger partial charge in [0.25, 0.3) is 0 Å². The van der Waals surface area contributed by atoms with Gasteiger partial charge in [0, 0.05) is 13.0 Å². The van der Waals surface area contributed by atoms with Crippen LogP contribution < -0.4 is 16.4 Å². The Kier molecular flexibility index (Phi) is 8.62. The first-order valence-electron chi connectivity index (χ1n) is 9.22. The van der Waals surface area contributed by atoms with Gasteiger partial charge in [-0.05, 0) is 30.0 Å². The first kappa shape index (κ1) is 21.9. The van der Waals surface area contributed by atoms with Crippen molar-refractivity contribution in [2.75, 3.05) is 6.54 Å². The Morgan fingerprint density at radius 1 is 1.03 bits per heavy atom. The highest BCUT2D eigenvalue weighted by Crippen LogP contribution is 2.07. The van der Waals surface area contributed by atoms with Crippen molar-refractivity contribution in [3.05, 3.63) is 71.5 Å². The molecule has 4 N–H and O–H groups in total. The van der Waals surface area contributed by atoms with E-state index < -0.39 is 23.9 Å². The number of carbonyl (C=O) groups excluding carboxylic acids is 3. The van der Waals surface area contributed by atoms with E-state index in [1.54, 1.807) is 30.3 Å². The van der Waals surface area contributed by atoms with Crippen LogP contribution >= 0.6 is 0 Å². The molecule has 0 bridgehead atoms. The second-order valence-electron chi connectivity index (χ2n) is 6.40. The fourth-order valence-corrected chi connectivity index (χ4v) is 2.61. The minimum atomic E-state index is -0.994. The van der Waals surface area contributed by atoms with Gasteiger partial charge in [0.05, 0.1) is 0 Å². The molecule has 7 nitrogen and oxygen atoms in total. The highest BCUT2D eigenvalue weighted by atomic mass is 19.1. The Morgan fingerprint density at radius 3 is 2.41 bits per heavy atom. The van der Waals surface area contributed by atoms with E-state index >= 15 is 0 Å². The van der Waals surface area contributed by atoms with Gasteiger partial charge in [0.15, 0.2) is 0 Å². The minimum Gasteiger partial charge on any atom is -0.445 e. The fraction of sp³-hybridized carbons (Fsp3) is 0.286. The average molecular weight is 401 g/mol. The van der Waals surface area contributed by atoms with Gasteiger partial charge in [-0.1, -0.05) is 48.5 Å². The maximum atomic E-state index is 13.6. The van der Waals surface area contributed by atoms with Crippen LogP contribution in [0.4, 0.5) is 9.18 Å². The fourth-order valence-electron chi connectivity index (χ4n) is 2.61. The number of benzene rings is 2. The van der Waals surface area contributed by atoms with Crippen LogP contribution in [-0.2, 0) is 27.4 Å². The molecule has 2 aromatic carbocycles. The van der Waals surface area contributed by atoms with Crippen LogP contribution in [-0.4, -0.2) is 30.5 Å². The number of carbonyl (C=O) groups is 3. The van der Waals surface area contributed by atoms with Gasteiger partial charge in [0.2, 0.25) is 11.8 Å². The monoisotopic (exact) mass is 401 g/mol. The predicted molar refractivity (Wildman–Crippen MR) is 105 cm³/mol. The molecule has 0 saturated heterocycles. The predicted octanol–water partition coefficient (Wildman–Crippen LogP) is 2.04. The largest absolute Gasteiger partial charge is 0.445 e. The van der Waals surface area contributed by atoms with Gasteiger partial charge in [-0.25, -0.2) is 9.18 Å². The van der Waals surface area contributed by atoms with E-state index in [9.17, 15) is 18.8 Å². The summed E-state index contributed by atoms with van der Waals surface area (Å²) in [5.74, 6) is -1.44. The molecule has 0 aliphatic heterocycles. The molecule has 0 aliphatic rings. The Balaban J connectivity index is 1.86. The Bertz CT molecular complexity index is 830. The van der Waals surface area contributed by atoms with Gasteiger partial charge in [-0.15, -0.1) is 0 Å². The van der Waals surface area contributed by atoms with Crippen molar-refractivity contribution in [2.45, 2.75) is 31.9 Å². The van der Waals surface area contributed by atoms with Crippen molar-refractivity contribution < 1.29 is 23.5 Å². The lowest BCUT2D eigenvalue weighted by molar-refractivity contribution is -0.123. The maximum absolute atomic E-state index is 13.6. The molecule has 2 rings (SSSR count). The van der Waals surface area contributed by atoms with Crippen molar-refractivity contribution in [2.24, 2.45) is 5.73 Å². The highest BCUT2D eigenvalue weighted by molar-refractivity contribution is 5.86. The van der Waals surface area contributed by atoms with Crippen LogP contribution in [0.3, 0.4) is 0 Å². The molecular formula is C21H24FN3O4. The summed E-state index contributed by atoms with van der Waals surface area (Å²) in [6, 6.07) is 14.3. The van der Waals surface area contributed by atoms with E-state index in [-0.39, 0.29) is 31.8 Å². The van der Waals surface area contributed by atoms with E-state index in [0.29, 0.717) is 12.0 Å².